The smallest absolute Gasteiger partial charge is 0.287 e. The van der Waals surface area contributed by atoms with Gasteiger partial charge in [-0.25, -0.2) is 4.98 Å². The fourth-order valence-electron chi connectivity index (χ4n) is 3.23. The van der Waals surface area contributed by atoms with E-state index in [2.05, 4.69) is 26.5 Å². The highest BCUT2D eigenvalue weighted by molar-refractivity contribution is 6.56. The minimum atomic E-state index is -1.75. The minimum Gasteiger partial charge on any atom is -0.383 e. The molecule has 32 heavy (non-hydrogen) atoms. The molecule has 4 rings (SSSR count). The Kier molecular flexibility index (Phi) is 7.48. The zero-order chi connectivity index (χ0) is 23.3. The lowest BCUT2D eigenvalue weighted by Gasteiger charge is -2.21. The minimum absolute atomic E-state index is 0.114. The molecule has 0 amide bonds. The van der Waals surface area contributed by atoms with E-state index in [0.29, 0.717) is 23.3 Å². The summed E-state index contributed by atoms with van der Waals surface area (Å²) >= 11 is 0. The zero-order valence-electron chi connectivity index (χ0n) is 18.0. The Morgan fingerprint density at radius 3 is 2.66 bits per heavy atom. The van der Waals surface area contributed by atoms with E-state index in [1.54, 1.807) is 23.9 Å². The maximum absolute atomic E-state index is 12.0. The number of H-pyrrole nitrogens is 1. The van der Waals surface area contributed by atoms with Crippen molar-refractivity contribution in [3.8, 4) is 6.07 Å². The van der Waals surface area contributed by atoms with Crippen molar-refractivity contribution in [1.29, 1.82) is 5.26 Å². The van der Waals surface area contributed by atoms with Crippen molar-refractivity contribution >= 4 is 46.2 Å². The number of methoxy groups -OCH3 is 1. The van der Waals surface area contributed by atoms with Crippen molar-refractivity contribution in [3.05, 3.63) is 34.5 Å². The Balaban J connectivity index is 0.000000509. The Morgan fingerprint density at radius 2 is 2.12 bits per heavy atom. The monoisotopic (exact) mass is 429 g/mol. The first kappa shape index (κ1) is 23.7. The average molecular weight is 429 g/mol. The van der Waals surface area contributed by atoms with Crippen LogP contribution in [0, 0.1) is 11.3 Å². The number of fused-ring (bicyclic) bond motifs is 1. The molecule has 0 bridgehead atoms. The number of hydrogen-bond acceptors (Lipinski definition) is 7. The summed E-state index contributed by atoms with van der Waals surface area (Å²) in [5.41, 5.74) is 0.591. The first-order chi connectivity index (χ1) is 15.2. The van der Waals surface area contributed by atoms with Crippen LogP contribution in [0.2, 0.25) is 0 Å². The standard InChI is InChI=1S/C15H14B3N7O2.C4H8O/c1-8(7-27-2)25-10(4-19)3-9-5-20-14(22-12(9)25)21-11-6-24(15(16,17)18)23-13(11)26;1-2-4-5-3-1/h3,5-6,8H,7H2,1-2H3,(H,23,26)(H,20,21,22);1-4H2/t8-;/m0./s1. The zero-order valence-corrected chi connectivity index (χ0v) is 18.0. The highest BCUT2D eigenvalue weighted by atomic mass is 16.5. The predicted octanol–water partition coefficient (Wildman–Crippen LogP) is 0.614. The molecule has 0 spiro atoms. The first-order valence-corrected chi connectivity index (χ1v) is 10.0. The molecular formula is C19H22B3N7O3. The van der Waals surface area contributed by atoms with Crippen molar-refractivity contribution in [2.45, 2.75) is 31.0 Å². The van der Waals surface area contributed by atoms with Crippen LogP contribution in [0.4, 0.5) is 11.6 Å². The fourth-order valence-corrected chi connectivity index (χ4v) is 3.23. The van der Waals surface area contributed by atoms with Gasteiger partial charge in [-0.2, -0.15) is 10.2 Å². The van der Waals surface area contributed by atoms with E-state index in [9.17, 15) is 10.1 Å². The van der Waals surface area contributed by atoms with E-state index in [0.717, 1.165) is 17.9 Å². The molecule has 6 radical (unpaired) electrons. The Bertz CT molecular complexity index is 1150. The van der Waals surface area contributed by atoms with E-state index in [-0.39, 0.29) is 17.7 Å². The van der Waals surface area contributed by atoms with Crippen LogP contribution in [0.3, 0.4) is 0 Å². The molecule has 0 unspecified atom stereocenters. The highest BCUT2D eigenvalue weighted by Gasteiger charge is 2.18. The molecule has 0 aromatic carbocycles. The molecule has 1 atom stereocenters. The lowest BCUT2D eigenvalue weighted by atomic mass is 9.49. The lowest BCUT2D eigenvalue weighted by Crippen LogP contribution is -2.36. The number of nitrogens with one attached hydrogen (secondary N) is 2. The summed E-state index contributed by atoms with van der Waals surface area (Å²) in [6.45, 7) is 4.31. The maximum Gasteiger partial charge on any atom is 0.287 e. The van der Waals surface area contributed by atoms with E-state index in [4.69, 9.17) is 33.0 Å². The maximum atomic E-state index is 12.0. The molecular weight excluding hydrogens is 407 g/mol. The molecule has 0 aliphatic carbocycles. The summed E-state index contributed by atoms with van der Waals surface area (Å²) < 4.78 is 12.9. The van der Waals surface area contributed by atoms with Gasteiger partial charge < -0.3 is 24.0 Å². The SMILES string of the molecule is C1CCOC1.[B]C([B])([B])n1cc(Nc2ncc3cc(C#N)n([C@@H](C)COC)c3n2)c(=O)[nH]1. The van der Waals surface area contributed by atoms with Gasteiger partial charge in [0.1, 0.15) is 23.1 Å². The van der Waals surface area contributed by atoms with Crippen LogP contribution >= 0.6 is 0 Å². The van der Waals surface area contributed by atoms with Crippen LogP contribution in [0.1, 0.15) is 31.5 Å². The molecule has 0 saturated carbocycles. The average Bonchev–Trinajstić information content (AvgIpc) is 3.48. The van der Waals surface area contributed by atoms with Gasteiger partial charge in [-0.3, -0.25) is 9.89 Å². The summed E-state index contributed by atoms with van der Waals surface area (Å²) in [6, 6.07) is 3.71. The van der Waals surface area contributed by atoms with Crippen LogP contribution in [-0.2, 0) is 14.7 Å². The summed E-state index contributed by atoms with van der Waals surface area (Å²) in [4.78, 5) is 20.6. The number of anilines is 2. The van der Waals surface area contributed by atoms with E-state index >= 15 is 0 Å². The molecule has 1 fully saturated rings. The Hall–Kier alpha value is -2.97. The molecule has 1 saturated heterocycles. The highest BCUT2D eigenvalue weighted by Crippen LogP contribution is 2.23. The van der Waals surface area contributed by atoms with E-state index in [1.165, 1.54) is 19.0 Å². The second kappa shape index (κ2) is 10.1. The van der Waals surface area contributed by atoms with Gasteiger partial charge >= 0.3 is 0 Å². The van der Waals surface area contributed by atoms with E-state index < -0.39 is 10.8 Å². The van der Waals surface area contributed by atoms with Gasteiger partial charge in [0.25, 0.3) is 5.56 Å². The van der Waals surface area contributed by atoms with Gasteiger partial charge in [0, 0.05) is 38.1 Å². The molecule has 1 aliphatic heterocycles. The van der Waals surface area contributed by atoms with E-state index in [1.807, 2.05) is 6.92 Å². The van der Waals surface area contributed by atoms with Crippen molar-refractivity contribution < 1.29 is 9.47 Å². The molecule has 2 N–H and O–H groups in total. The molecule has 4 heterocycles. The normalized spacial score (nSPS) is 14.5. The third-order valence-electron chi connectivity index (χ3n) is 4.75. The van der Waals surface area contributed by atoms with Crippen molar-refractivity contribution in [3.63, 3.8) is 0 Å². The van der Waals surface area contributed by atoms with Crippen molar-refractivity contribution in [2.75, 3.05) is 32.2 Å². The van der Waals surface area contributed by atoms with Crippen LogP contribution in [0.5, 0.6) is 0 Å². The predicted molar refractivity (Wildman–Crippen MR) is 122 cm³/mol. The number of ether oxygens (including phenoxy) is 2. The molecule has 160 valence electrons. The van der Waals surface area contributed by atoms with Gasteiger partial charge in [-0.05, 0) is 31.1 Å². The second-order valence-corrected chi connectivity index (χ2v) is 7.47. The number of rotatable bonds is 6. The van der Waals surface area contributed by atoms with Crippen LogP contribution in [0.25, 0.3) is 11.0 Å². The van der Waals surface area contributed by atoms with Crippen molar-refractivity contribution in [2.24, 2.45) is 0 Å². The summed E-state index contributed by atoms with van der Waals surface area (Å²) in [7, 11) is 18.2. The van der Waals surface area contributed by atoms with Gasteiger partial charge in [0.05, 0.1) is 36.2 Å². The molecule has 10 nitrogen and oxygen atoms in total. The van der Waals surface area contributed by atoms with Gasteiger partial charge in [-0.1, -0.05) is 0 Å². The second-order valence-electron chi connectivity index (χ2n) is 7.47. The fraction of sp³-hybridized carbons (Fsp3) is 0.474. The molecule has 3 aromatic heterocycles. The van der Waals surface area contributed by atoms with Gasteiger partial charge in [0.15, 0.2) is 0 Å². The molecule has 13 heteroatoms. The van der Waals surface area contributed by atoms with Crippen LogP contribution in [-0.4, -0.2) is 74.8 Å². The summed E-state index contributed by atoms with van der Waals surface area (Å²) in [5.74, 6) is 0.163. The third-order valence-corrected chi connectivity index (χ3v) is 4.75. The number of aromatic amines is 1. The quantitative estimate of drug-likeness (QED) is 0.551. The van der Waals surface area contributed by atoms with Gasteiger partial charge in [0.2, 0.25) is 5.95 Å². The number of nitrogens with zero attached hydrogens (tertiary/aromatic N) is 5. The van der Waals surface area contributed by atoms with Crippen molar-refractivity contribution in [1.82, 2.24) is 24.3 Å². The number of hydrogen-bond donors (Lipinski definition) is 2. The first-order valence-electron chi connectivity index (χ1n) is 10.0. The molecule has 1 aliphatic rings. The molecule has 3 aromatic rings. The number of nitriles is 1. The Morgan fingerprint density at radius 1 is 1.41 bits per heavy atom. The Labute approximate surface area is 189 Å². The van der Waals surface area contributed by atoms with Crippen LogP contribution < -0.4 is 10.9 Å². The topological polar surface area (TPSA) is 123 Å². The van der Waals surface area contributed by atoms with Gasteiger partial charge in [-0.15, -0.1) is 0 Å². The lowest BCUT2D eigenvalue weighted by molar-refractivity contribution is 0.163. The van der Waals surface area contributed by atoms with Crippen LogP contribution in [0.15, 0.2) is 23.3 Å². The largest absolute Gasteiger partial charge is 0.383 e. The summed E-state index contributed by atoms with van der Waals surface area (Å²) in [6.07, 6.45) is 5.44. The number of aromatic nitrogens is 5. The third kappa shape index (κ3) is 5.44. The summed E-state index contributed by atoms with van der Waals surface area (Å²) in [5, 5.41) is 13.5.